The number of methoxy groups -OCH3 is 3. The Kier molecular flexibility index (Phi) is 32.9. The number of carbonyl (C=O) groups excluding carboxylic acids is 3. The summed E-state index contributed by atoms with van der Waals surface area (Å²) in [5.74, 6) is 2.65. The van der Waals surface area contributed by atoms with Crippen LogP contribution in [0.4, 0.5) is 0 Å². The van der Waals surface area contributed by atoms with E-state index in [0.717, 1.165) is 93.5 Å². The van der Waals surface area contributed by atoms with Crippen LogP contribution in [0.5, 0.6) is 23.0 Å². The normalized spacial score (nSPS) is 9.79. The van der Waals surface area contributed by atoms with Gasteiger partial charge in [-0.05, 0) is 118 Å². The highest BCUT2D eigenvalue weighted by molar-refractivity contribution is 5.82. The summed E-state index contributed by atoms with van der Waals surface area (Å²) < 4.78 is 31.0. The van der Waals surface area contributed by atoms with E-state index in [1.807, 2.05) is 18.2 Å². The van der Waals surface area contributed by atoms with Crippen LogP contribution in [0.3, 0.4) is 0 Å². The molecular formula is C46H63NO9. The van der Waals surface area contributed by atoms with Gasteiger partial charge in [-0.3, -0.25) is 9.59 Å². The molecule has 0 aromatic heterocycles. The predicted molar refractivity (Wildman–Crippen MR) is 226 cm³/mol. The van der Waals surface area contributed by atoms with Gasteiger partial charge in [-0.2, -0.15) is 0 Å². The Bertz CT molecular complexity index is 1500. The zero-order valence-corrected chi connectivity index (χ0v) is 33.9. The summed E-state index contributed by atoms with van der Waals surface area (Å²) in [5, 5.41) is 7.10. The summed E-state index contributed by atoms with van der Waals surface area (Å²) in [6, 6.07) is 19.6. The Labute approximate surface area is 335 Å². The van der Waals surface area contributed by atoms with Gasteiger partial charge >= 0.3 is 5.97 Å². The average molecular weight is 774 g/mol. The SMILES string of the molecule is C=C/C=C/CCC.C=CC(=O)OCCCCCCOc1ccc(C=O)cc1.COCCCCCCOc1ccc(C=O)cc1.COc1ccc(OC)c(C=N)c1. The van der Waals surface area contributed by atoms with Crippen molar-refractivity contribution in [3.8, 4) is 23.0 Å². The van der Waals surface area contributed by atoms with Crippen LogP contribution in [-0.2, 0) is 14.3 Å². The van der Waals surface area contributed by atoms with E-state index in [0.29, 0.717) is 30.1 Å². The first-order chi connectivity index (χ1) is 27.3. The summed E-state index contributed by atoms with van der Waals surface area (Å²) in [6.45, 7) is 11.7. The number of unbranched alkanes of at least 4 members (excludes halogenated alkanes) is 7. The highest BCUT2D eigenvalue weighted by atomic mass is 16.5. The Balaban J connectivity index is 0.000000763. The molecule has 0 aliphatic carbocycles. The second kappa shape index (κ2) is 36.5. The van der Waals surface area contributed by atoms with Gasteiger partial charge < -0.3 is 33.8 Å². The van der Waals surface area contributed by atoms with Crippen molar-refractivity contribution in [3.63, 3.8) is 0 Å². The quantitative estimate of drug-likeness (QED) is 0.0223. The number of nitrogens with one attached hydrogen (secondary N) is 1. The monoisotopic (exact) mass is 773 g/mol. The van der Waals surface area contributed by atoms with E-state index in [4.69, 9.17) is 33.8 Å². The van der Waals surface area contributed by atoms with Gasteiger partial charge in [0, 0.05) is 42.7 Å². The lowest BCUT2D eigenvalue weighted by Crippen LogP contribution is -2.02. The molecule has 3 aromatic carbocycles. The number of aldehydes is 2. The first-order valence-corrected chi connectivity index (χ1v) is 19.0. The van der Waals surface area contributed by atoms with Gasteiger partial charge in [0.05, 0.1) is 34.0 Å². The van der Waals surface area contributed by atoms with Crippen LogP contribution in [0, 0.1) is 5.41 Å². The van der Waals surface area contributed by atoms with Crippen molar-refractivity contribution < 1.29 is 42.8 Å². The summed E-state index contributed by atoms with van der Waals surface area (Å²) in [6.07, 6.45) is 20.7. The van der Waals surface area contributed by atoms with E-state index in [9.17, 15) is 14.4 Å². The highest BCUT2D eigenvalue weighted by Gasteiger charge is 2.01. The molecule has 3 rings (SSSR count). The number of allylic oxidation sites excluding steroid dienone is 3. The standard InChI is InChI=1S/C16H20O4.C14H20O3.C9H11NO2.C7H12/c1-2-16(18)20-12-6-4-3-5-11-19-15-9-7-14(13-17)8-10-15;1-16-10-4-2-3-5-11-17-14-8-6-13(12-15)7-9-14;1-11-8-3-4-9(12-2)7(5-8)6-10;1-3-5-7-6-4-2/h2,7-10,13H,1,3-6,11-12H2;6-9,12H,2-5,10-11H2,1H3;3-6,10H,1-2H3;3,5,7H,1,4,6H2,2H3/b;;;7-5+. The number of hydrogen-bond donors (Lipinski definition) is 1. The lowest BCUT2D eigenvalue weighted by Gasteiger charge is -2.06. The maximum Gasteiger partial charge on any atom is 0.330 e. The van der Waals surface area contributed by atoms with Crippen LogP contribution in [0.25, 0.3) is 0 Å². The molecule has 0 spiro atoms. The van der Waals surface area contributed by atoms with Gasteiger partial charge in [-0.1, -0.05) is 51.2 Å². The lowest BCUT2D eigenvalue weighted by atomic mass is 10.2. The fourth-order valence-corrected chi connectivity index (χ4v) is 4.47. The second-order valence-electron chi connectivity index (χ2n) is 12.0. The van der Waals surface area contributed by atoms with Crippen molar-refractivity contribution in [2.45, 2.75) is 71.1 Å². The molecule has 0 saturated carbocycles. The van der Waals surface area contributed by atoms with Crippen molar-refractivity contribution in [3.05, 3.63) is 121 Å². The van der Waals surface area contributed by atoms with Gasteiger partial charge in [0.25, 0.3) is 0 Å². The van der Waals surface area contributed by atoms with Crippen LogP contribution in [0.2, 0.25) is 0 Å². The maximum atomic E-state index is 10.8. The fourth-order valence-electron chi connectivity index (χ4n) is 4.47. The Morgan fingerprint density at radius 2 is 1.16 bits per heavy atom. The molecule has 1 N–H and O–H groups in total. The number of esters is 1. The summed E-state index contributed by atoms with van der Waals surface area (Å²) in [4.78, 5) is 31.7. The van der Waals surface area contributed by atoms with Crippen molar-refractivity contribution >= 4 is 24.8 Å². The van der Waals surface area contributed by atoms with Crippen LogP contribution < -0.4 is 18.9 Å². The summed E-state index contributed by atoms with van der Waals surface area (Å²) in [7, 11) is 4.90. The van der Waals surface area contributed by atoms with E-state index < -0.39 is 0 Å². The first-order valence-electron chi connectivity index (χ1n) is 19.0. The molecule has 10 nitrogen and oxygen atoms in total. The number of hydrogen-bond acceptors (Lipinski definition) is 10. The fraction of sp³-hybridized carbons (Fsp3) is 0.391. The molecule has 56 heavy (non-hydrogen) atoms. The van der Waals surface area contributed by atoms with Gasteiger partial charge in [0.1, 0.15) is 35.6 Å². The van der Waals surface area contributed by atoms with E-state index >= 15 is 0 Å². The third-order valence-corrected chi connectivity index (χ3v) is 7.58. The van der Waals surface area contributed by atoms with Gasteiger partial charge in [-0.25, -0.2) is 4.79 Å². The molecule has 0 fully saturated rings. The van der Waals surface area contributed by atoms with Gasteiger partial charge in [0.15, 0.2) is 0 Å². The van der Waals surface area contributed by atoms with Crippen molar-refractivity contribution in [2.75, 3.05) is 47.8 Å². The Hall–Kier alpha value is -5.48. The topological polar surface area (TPSA) is 130 Å². The lowest BCUT2D eigenvalue weighted by molar-refractivity contribution is -0.137. The Morgan fingerprint density at radius 3 is 1.57 bits per heavy atom. The van der Waals surface area contributed by atoms with Crippen molar-refractivity contribution in [1.29, 1.82) is 5.41 Å². The predicted octanol–water partition coefficient (Wildman–Crippen LogP) is 10.5. The molecular weight excluding hydrogens is 711 g/mol. The van der Waals surface area contributed by atoms with E-state index in [2.05, 4.69) is 26.2 Å². The molecule has 0 radical (unpaired) electrons. The molecule has 0 saturated heterocycles. The number of rotatable bonds is 25. The minimum atomic E-state index is -0.368. The van der Waals surface area contributed by atoms with E-state index in [1.165, 1.54) is 31.6 Å². The zero-order chi connectivity index (χ0) is 41.5. The van der Waals surface area contributed by atoms with Crippen LogP contribution in [0.15, 0.2) is 104 Å². The molecule has 306 valence electrons. The first kappa shape index (κ1) is 50.5. The molecule has 0 unspecified atom stereocenters. The molecule has 10 heteroatoms. The minimum absolute atomic E-state index is 0.368. The third kappa shape index (κ3) is 27.2. The van der Waals surface area contributed by atoms with Crippen molar-refractivity contribution in [1.82, 2.24) is 0 Å². The van der Waals surface area contributed by atoms with E-state index in [-0.39, 0.29) is 5.97 Å². The van der Waals surface area contributed by atoms with Gasteiger partial charge in [-0.15, -0.1) is 0 Å². The number of carbonyl (C=O) groups is 3. The van der Waals surface area contributed by atoms with Crippen LogP contribution >= 0.6 is 0 Å². The third-order valence-electron chi connectivity index (χ3n) is 7.58. The van der Waals surface area contributed by atoms with Crippen LogP contribution in [-0.4, -0.2) is 72.5 Å². The summed E-state index contributed by atoms with van der Waals surface area (Å²) in [5.41, 5.74) is 2.04. The molecule has 0 bridgehead atoms. The second-order valence-corrected chi connectivity index (χ2v) is 12.0. The largest absolute Gasteiger partial charge is 0.497 e. The molecule has 0 aliphatic heterocycles. The van der Waals surface area contributed by atoms with Gasteiger partial charge in [0.2, 0.25) is 0 Å². The Morgan fingerprint density at radius 1 is 0.661 bits per heavy atom. The van der Waals surface area contributed by atoms with E-state index in [1.54, 1.807) is 82.0 Å². The van der Waals surface area contributed by atoms with Crippen molar-refractivity contribution in [2.24, 2.45) is 0 Å². The van der Waals surface area contributed by atoms with Crippen LogP contribution in [0.1, 0.15) is 97.4 Å². The minimum Gasteiger partial charge on any atom is -0.497 e. The molecule has 0 heterocycles. The highest BCUT2D eigenvalue weighted by Crippen LogP contribution is 2.22. The molecule has 0 atom stereocenters. The number of ether oxygens (including phenoxy) is 6. The molecule has 0 aliphatic rings. The molecule has 3 aromatic rings. The summed E-state index contributed by atoms with van der Waals surface area (Å²) >= 11 is 0. The zero-order valence-electron chi connectivity index (χ0n) is 33.9. The smallest absolute Gasteiger partial charge is 0.330 e. The molecule has 0 amide bonds. The average Bonchev–Trinajstić information content (AvgIpc) is 3.25. The number of benzene rings is 3. The maximum absolute atomic E-state index is 10.8.